The zero-order valence-electron chi connectivity index (χ0n) is 13.6. The van der Waals surface area contributed by atoms with Gasteiger partial charge in [0.05, 0.1) is 7.11 Å². The number of rotatable bonds is 9. The van der Waals surface area contributed by atoms with Crippen LogP contribution in [0, 0.1) is 0 Å². The molecule has 0 saturated heterocycles. The fourth-order valence-electron chi connectivity index (χ4n) is 1.72. The van der Waals surface area contributed by atoms with Gasteiger partial charge in [0, 0.05) is 21.3 Å². The second kappa shape index (κ2) is 9.11. The number of hydrogen-bond donors (Lipinski definition) is 0. The van der Waals surface area contributed by atoms with E-state index in [4.69, 9.17) is 29.7 Å². The molecule has 136 valence electrons. The van der Waals surface area contributed by atoms with E-state index >= 15 is 0 Å². The number of benzene rings is 1. The van der Waals surface area contributed by atoms with E-state index in [0.29, 0.717) is 5.56 Å². The van der Waals surface area contributed by atoms with Crippen molar-refractivity contribution in [1.82, 2.24) is 0 Å². The third-order valence-corrected chi connectivity index (χ3v) is 9.26. The topological polar surface area (TPSA) is 97.4 Å². The molecule has 0 radical (unpaired) electrons. The molecule has 0 spiro atoms. The Hall–Kier alpha value is -0.720. The highest BCUT2D eigenvalue weighted by atomic mass is 35.5. The van der Waals surface area contributed by atoms with Crippen molar-refractivity contribution >= 4 is 32.8 Å². The molecule has 0 aliphatic rings. The summed E-state index contributed by atoms with van der Waals surface area (Å²) in [6.07, 6.45) is -1.40. The summed E-state index contributed by atoms with van der Waals surface area (Å²) in [4.78, 5) is 10.2. The number of alkyl halides is 1. The molecular formula is C13H19ClO8P2. The molecule has 0 fully saturated rings. The molecule has 0 bridgehead atoms. The lowest BCUT2D eigenvalue weighted by Crippen LogP contribution is -2.19. The van der Waals surface area contributed by atoms with E-state index < -0.39 is 32.1 Å². The van der Waals surface area contributed by atoms with Crippen LogP contribution in [-0.4, -0.2) is 39.3 Å². The summed E-state index contributed by atoms with van der Waals surface area (Å²) in [6.45, 7) is 0. The fraction of sp³-hybridized carbons (Fsp3) is 0.462. The Morgan fingerprint density at radius 2 is 1.46 bits per heavy atom. The molecule has 1 rings (SSSR count). The highest BCUT2D eigenvalue weighted by Crippen LogP contribution is 2.72. The van der Waals surface area contributed by atoms with E-state index in [9.17, 15) is 13.9 Å². The third-order valence-electron chi connectivity index (χ3n) is 3.06. The maximum absolute atomic E-state index is 12.9. The highest BCUT2D eigenvalue weighted by Gasteiger charge is 2.51. The monoisotopic (exact) mass is 400 g/mol. The summed E-state index contributed by atoms with van der Waals surface area (Å²) in [7, 11) is -3.93. The van der Waals surface area contributed by atoms with Crippen LogP contribution >= 0.6 is 26.8 Å². The fourth-order valence-corrected chi connectivity index (χ4v) is 6.34. The van der Waals surface area contributed by atoms with Crippen LogP contribution in [0.1, 0.15) is 11.7 Å². The molecular weight excluding hydrogens is 382 g/mol. The van der Waals surface area contributed by atoms with E-state index in [1.165, 1.54) is 0 Å². The Morgan fingerprint density at radius 3 is 1.88 bits per heavy atom. The van der Waals surface area contributed by atoms with Crippen molar-refractivity contribution < 1.29 is 36.8 Å². The summed E-state index contributed by atoms with van der Waals surface area (Å²) < 4.78 is 49.6. The van der Waals surface area contributed by atoms with E-state index in [0.717, 1.165) is 28.4 Å². The second-order valence-corrected chi connectivity index (χ2v) is 10.3. The number of hydrogen-bond acceptors (Lipinski definition) is 8. The van der Waals surface area contributed by atoms with Gasteiger partial charge in [0.15, 0.2) is 6.10 Å². The zero-order valence-corrected chi connectivity index (χ0v) is 16.1. The van der Waals surface area contributed by atoms with Gasteiger partial charge in [-0.15, -0.1) is 0 Å². The summed E-state index contributed by atoms with van der Waals surface area (Å²) in [6, 6.07) is 8.16. The maximum Gasteiger partial charge on any atom is 0.361 e. The van der Waals surface area contributed by atoms with Gasteiger partial charge in [0.2, 0.25) is 4.86 Å². The molecule has 0 N–H and O–H groups in total. The standard InChI is InChI=1S/C13H19ClO8P2/c1-18-12(15)11(10-8-6-5-7-9-10)22-24(17,21-4)13(14)23(16,19-2)20-3/h5-9,11,13H,1-4H3/t11-,13?,24?/m0/s1. The van der Waals surface area contributed by atoms with E-state index in [1.807, 2.05) is 0 Å². The maximum atomic E-state index is 12.9. The Balaban J connectivity index is 3.24. The van der Waals surface area contributed by atoms with Crippen molar-refractivity contribution in [3.05, 3.63) is 35.9 Å². The first-order valence-corrected chi connectivity index (χ1v) is 10.3. The Labute approximate surface area is 145 Å². The molecule has 3 atom stereocenters. The van der Waals surface area contributed by atoms with Crippen molar-refractivity contribution in [2.75, 3.05) is 28.4 Å². The number of ether oxygens (including phenoxy) is 1. The molecule has 0 aliphatic carbocycles. The largest absolute Gasteiger partial charge is 0.467 e. The average Bonchev–Trinajstić information content (AvgIpc) is 2.64. The molecule has 8 nitrogen and oxygen atoms in total. The first kappa shape index (κ1) is 21.3. The van der Waals surface area contributed by atoms with Crippen molar-refractivity contribution in [3.63, 3.8) is 0 Å². The second-order valence-electron chi connectivity index (χ2n) is 4.36. The van der Waals surface area contributed by atoms with Gasteiger partial charge in [0.1, 0.15) is 0 Å². The van der Waals surface area contributed by atoms with Gasteiger partial charge in [-0.3, -0.25) is 13.7 Å². The van der Waals surface area contributed by atoms with Crippen LogP contribution in [0.25, 0.3) is 0 Å². The van der Waals surface area contributed by atoms with Gasteiger partial charge in [-0.1, -0.05) is 41.9 Å². The number of esters is 1. The van der Waals surface area contributed by atoms with Gasteiger partial charge in [-0.05, 0) is 5.56 Å². The summed E-state index contributed by atoms with van der Waals surface area (Å²) in [5, 5.41) is 0. The Kier molecular flexibility index (Phi) is 8.09. The van der Waals surface area contributed by atoms with Crippen molar-refractivity contribution in [2.24, 2.45) is 0 Å². The van der Waals surface area contributed by atoms with Crippen molar-refractivity contribution in [1.29, 1.82) is 0 Å². The predicted molar refractivity (Wildman–Crippen MR) is 88.2 cm³/mol. The number of carbonyl (C=O) groups excluding carboxylic acids is 1. The molecule has 1 aromatic rings. The molecule has 2 unspecified atom stereocenters. The van der Waals surface area contributed by atoms with Crippen LogP contribution in [0.2, 0.25) is 0 Å². The number of halogens is 1. The van der Waals surface area contributed by atoms with E-state index in [1.54, 1.807) is 30.3 Å². The Morgan fingerprint density at radius 1 is 0.958 bits per heavy atom. The van der Waals surface area contributed by atoms with Crippen LogP contribution < -0.4 is 0 Å². The minimum Gasteiger partial charge on any atom is -0.467 e. The van der Waals surface area contributed by atoms with Crippen LogP contribution in [0.5, 0.6) is 0 Å². The normalized spacial score (nSPS) is 16.9. The smallest absolute Gasteiger partial charge is 0.361 e. The number of carbonyl (C=O) groups is 1. The minimum atomic E-state index is -4.28. The van der Waals surface area contributed by atoms with Crippen LogP contribution in [0.15, 0.2) is 30.3 Å². The average molecular weight is 401 g/mol. The van der Waals surface area contributed by atoms with Gasteiger partial charge < -0.3 is 18.3 Å². The predicted octanol–water partition coefficient (Wildman–Crippen LogP) is 3.77. The van der Waals surface area contributed by atoms with Crippen molar-refractivity contribution in [3.8, 4) is 0 Å². The molecule has 0 aliphatic heterocycles. The van der Waals surface area contributed by atoms with Gasteiger partial charge in [-0.2, -0.15) is 0 Å². The molecule has 0 heterocycles. The lowest BCUT2D eigenvalue weighted by molar-refractivity contribution is -0.149. The third kappa shape index (κ3) is 4.67. The first-order valence-electron chi connectivity index (χ1n) is 6.60. The minimum absolute atomic E-state index is 0.357. The van der Waals surface area contributed by atoms with Gasteiger partial charge in [0.25, 0.3) is 0 Å². The molecule has 0 saturated carbocycles. The van der Waals surface area contributed by atoms with Crippen LogP contribution in [0.3, 0.4) is 0 Å². The summed E-state index contributed by atoms with van der Waals surface area (Å²) >= 11 is 6.00. The summed E-state index contributed by atoms with van der Waals surface area (Å²) in [5.41, 5.74) is 0.357. The van der Waals surface area contributed by atoms with Gasteiger partial charge in [-0.25, -0.2) is 4.79 Å². The van der Waals surface area contributed by atoms with Gasteiger partial charge >= 0.3 is 21.2 Å². The lowest BCUT2D eigenvalue weighted by atomic mass is 10.1. The molecule has 0 aromatic heterocycles. The Bertz CT molecular complexity index is 630. The SMILES string of the molecule is COC(=O)[C@@H](OP(=O)(OC)C(Cl)P(=O)(OC)OC)c1ccccc1. The molecule has 1 aromatic carbocycles. The van der Waals surface area contributed by atoms with Crippen molar-refractivity contribution in [2.45, 2.75) is 11.0 Å². The van der Waals surface area contributed by atoms with Crippen LogP contribution in [0.4, 0.5) is 0 Å². The van der Waals surface area contributed by atoms with E-state index in [2.05, 4.69) is 4.74 Å². The van der Waals surface area contributed by atoms with E-state index in [-0.39, 0.29) is 0 Å². The van der Waals surface area contributed by atoms with Crippen LogP contribution in [-0.2, 0) is 36.8 Å². The number of methoxy groups -OCH3 is 1. The highest BCUT2D eigenvalue weighted by molar-refractivity contribution is 7.75. The molecule has 0 amide bonds. The molecule has 24 heavy (non-hydrogen) atoms. The molecule has 11 heteroatoms. The summed E-state index contributed by atoms with van der Waals surface area (Å²) in [5.74, 6) is -0.827. The quantitative estimate of drug-likeness (QED) is 0.351. The zero-order chi connectivity index (χ0) is 18.4. The first-order chi connectivity index (χ1) is 11.3. The lowest BCUT2D eigenvalue weighted by Gasteiger charge is -2.28.